The van der Waals surface area contributed by atoms with Gasteiger partial charge in [0.25, 0.3) is 11.5 Å². The molecule has 0 fully saturated rings. The lowest BCUT2D eigenvalue weighted by atomic mass is 10.1. The molecule has 4 aromatic rings. The normalized spacial score (nSPS) is 10.9. The number of carbonyl (C=O) groups excluding carboxylic acids is 1. The number of fused-ring (bicyclic) bond motifs is 1. The number of hydrogen-bond acceptors (Lipinski definition) is 4. The van der Waals surface area contributed by atoms with Crippen molar-refractivity contribution in [2.75, 3.05) is 0 Å². The summed E-state index contributed by atoms with van der Waals surface area (Å²) >= 11 is 1.44. The second-order valence-electron chi connectivity index (χ2n) is 5.84. The van der Waals surface area contributed by atoms with Crippen molar-refractivity contribution in [3.05, 3.63) is 82.0 Å². The molecule has 0 aliphatic carbocycles. The molecule has 128 valence electrons. The summed E-state index contributed by atoms with van der Waals surface area (Å²) in [4.78, 5) is 32.1. The Morgan fingerprint density at radius 3 is 2.77 bits per heavy atom. The number of pyridine rings is 1. The summed E-state index contributed by atoms with van der Waals surface area (Å²) in [6.07, 6.45) is 3.43. The molecule has 1 aromatic carbocycles. The lowest BCUT2D eigenvalue weighted by molar-refractivity contribution is -0.689. The summed E-state index contributed by atoms with van der Waals surface area (Å²) in [6.45, 7) is 0.338. The summed E-state index contributed by atoms with van der Waals surface area (Å²) in [5.74, 6) is 0.0256. The molecular formula is C19H15N4O2S+. The number of benzene rings is 1. The van der Waals surface area contributed by atoms with Crippen LogP contribution >= 0.6 is 11.3 Å². The molecular weight excluding hydrogens is 348 g/mol. The topological polar surface area (TPSA) is 92.7 Å². The molecule has 6 nitrogen and oxygen atoms in total. The van der Waals surface area contributed by atoms with Gasteiger partial charge in [-0.05, 0) is 11.6 Å². The van der Waals surface area contributed by atoms with E-state index in [0.29, 0.717) is 28.1 Å². The van der Waals surface area contributed by atoms with E-state index in [4.69, 9.17) is 5.73 Å². The van der Waals surface area contributed by atoms with Gasteiger partial charge >= 0.3 is 0 Å². The van der Waals surface area contributed by atoms with Gasteiger partial charge in [-0.3, -0.25) is 9.59 Å². The minimum atomic E-state index is -0.498. The summed E-state index contributed by atoms with van der Waals surface area (Å²) in [7, 11) is 0. The molecule has 7 heteroatoms. The summed E-state index contributed by atoms with van der Waals surface area (Å²) in [5.41, 5.74) is 7.41. The number of nitrogens with zero attached hydrogens (tertiary/aromatic N) is 2. The van der Waals surface area contributed by atoms with Gasteiger partial charge < -0.3 is 10.7 Å². The summed E-state index contributed by atoms with van der Waals surface area (Å²) < 4.78 is 1.76. The van der Waals surface area contributed by atoms with Crippen LogP contribution in [0.3, 0.4) is 0 Å². The fraction of sp³-hybridized carbons (Fsp3) is 0.0526. The van der Waals surface area contributed by atoms with E-state index in [1.165, 1.54) is 11.3 Å². The number of aromatic amines is 1. The van der Waals surface area contributed by atoms with Crippen LogP contribution in [0.15, 0.2) is 65.0 Å². The van der Waals surface area contributed by atoms with Crippen LogP contribution in [0.5, 0.6) is 0 Å². The number of H-pyrrole nitrogens is 1. The van der Waals surface area contributed by atoms with Crippen LogP contribution in [0, 0.1) is 0 Å². The van der Waals surface area contributed by atoms with Gasteiger partial charge in [0.05, 0.1) is 5.39 Å². The average molecular weight is 363 g/mol. The molecule has 3 heterocycles. The third-order valence-corrected chi connectivity index (χ3v) is 4.93. The first-order chi connectivity index (χ1) is 12.6. The van der Waals surface area contributed by atoms with Crippen LogP contribution in [-0.4, -0.2) is 15.9 Å². The SMILES string of the molecule is NC(=O)c1ccc[n+](Cc2nc3scc(-c4ccccc4)c3c(=O)[nH]2)c1. The van der Waals surface area contributed by atoms with Gasteiger partial charge in [0.2, 0.25) is 6.54 Å². The van der Waals surface area contributed by atoms with Gasteiger partial charge in [-0.2, -0.15) is 4.57 Å². The molecule has 0 aliphatic rings. The van der Waals surface area contributed by atoms with Crippen LogP contribution in [0.4, 0.5) is 0 Å². The van der Waals surface area contributed by atoms with Gasteiger partial charge in [0.15, 0.2) is 18.2 Å². The highest BCUT2D eigenvalue weighted by atomic mass is 32.1. The zero-order chi connectivity index (χ0) is 18.1. The number of thiophene rings is 1. The van der Waals surface area contributed by atoms with Gasteiger partial charge in [0.1, 0.15) is 10.4 Å². The number of amides is 1. The number of carbonyl (C=O) groups is 1. The maximum Gasteiger partial charge on any atom is 0.260 e. The molecule has 3 aromatic heterocycles. The Balaban J connectivity index is 1.74. The van der Waals surface area contributed by atoms with Crippen molar-refractivity contribution < 1.29 is 9.36 Å². The largest absolute Gasteiger partial charge is 0.365 e. The van der Waals surface area contributed by atoms with Gasteiger partial charge in [-0.15, -0.1) is 11.3 Å². The lowest BCUT2D eigenvalue weighted by Gasteiger charge is -2.01. The molecule has 4 rings (SSSR count). The second-order valence-corrected chi connectivity index (χ2v) is 6.70. The Labute approximate surface area is 152 Å². The van der Waals surface area contributed by atoms with Crippen LogP contribution < -0.4 is 15.9 Å². The second kappa shape index (κ2) is 6.53. The lowest BCUT2D eigenvalue weighted by Crippen LogP contribution is -2.36. The maximum absolute atomic E-state index is 12.6. The maximum atomic E-state index is 12.6. The molecule has 0 aliphatic heterocycles. The van der Waals surface area contributed by atoms with Crippen molar-refractivity contribution in [3.8, 4) is 11.1 Å². The van der Waals surface area contributed by atoms with Crippen molar-refractivity contribution in [1.29, 1.82) is 0 Å². The monoisotopic (exact) mass is 363 g/mol. The van der Waals surface area contributed by atoms with Crippen LogP contribution in [0.25, 0.3) is 21.3 Å². The summed E-state index contributed by atoms with van der Waals surface area (Å²) in [5, 5.41) is 2.55. The van der Waals surface area contributed by atoms with E-state index in [2.05, 4.69) is 9.97 Å². The Bertz CT molecular complexity index is 1170. The average Bonchev–Trinajstić information content (AvgIpc) is 3.07. The minimum Gasteiger partial charge on any atom is -0.365 e. The number of primary amides is 1. The molecule has 26 heavy (non-hydrogen) atoms. The fourth-order valence-corrected chi connectivity index (χ4v) is 3.80. The molecule has 0 radical (unpaired) electrons. The van der Waals surface area contributed by atoms with E-state index in [0.717, 1.165) is 11.1 Å². The van der Waals surface area contributed by atoms with Gasteiger partial charge in [-0.1, -0.05) is 30.3 Å². The zero-order valence-corrected chi connectivity index (χ0v) is 14.5. The van der Waals surface area contributed by atoms with Crippen LogP contribution in [0.1, 0.15) is 16.2 Å². The highest BCUT2D eigenvalue weighted by Gasteiger charge is 2.15. The Kier molecular flexibility index (Phi) is 4.06. The Hall–Kier alpha value is -3.32. The fourth-order valence-electron chi connectivity index (χ4n) is 2.84. The first-order valence-electron chi connectivity index (χ1n) is 7.96. The van der Waals surface area contributed by atoms with E-state index in [9.17, 15) is 9.59 Å². The molecule has 0 spiro atoms. The summed E-state index contributed by atoms with van der Waals surface area (Å²) in [6, 6.07) is 13.1. The molecule has 0 bridgehead atoms. The molecule has 3 N–H and O–H groups in total. The minimum absolute atomic E-state index is 0.170. The Morgan fingerprint density at radius 2 is 2.00 bits per heavy atom. The number of hydrogen-bond donors (Lipinski definition) is 2. The van der Waals surface area contributed by atoms with Gasteiger partial charge in [0, 0.05) is 17.0 Å². The Morgan fingerprint density at radius 1 is 1.19 bits per heavy atom. The predicted molar refractivity (Wildman–Crippen MR) is 99.9 cm³/mol. The van der Waals surface area contributed by atoms with E-state index < -0.39 is 5.91 Å². The standard InChI is InChI=1S/C19H14N4O2S/c20-17(24)13-7-4-8-23(9-13)10-15-21-18(25)16-14(11-26-19(16)22-15)12-5-2-1-3-6-12/h1-9,11H,10H2,(H2-,20,21,22,24,25)/p+1. The number of nitrogens with two attached hydrogens (primary N) is 1. The number of aromatic nitrogens is 3. The van der Waals surface area contributed by atoms with E-state index >= 15 is 0 Å². The van der Waals surface area contributed by atoms with E-state index in [-0.39, 0.29) is 5.56 Å². The first kappa shape index (κ1) is 16.2. The van der Waals surface area contributed by atoms with Crippen molar-refractivity contribution in [2.24, 2.45) is 5.73 Å². The van der Waals surface area contributed by atoms with Crippen LogP contribution in [0.2, 0.25) is 0 Å². The smallest absolute Gasteiger partial charge is 0.260 e. The van der Waals surface area contributed by atoms with Gasteiger partial charge in [-0.25, -0.2) is 4.98 Å². The van der Waals surface area contributed by atoms with Crippen LogP contribution in [-0.2, 0) is 6.54 Å². The first-order valence-corrected chi connectivity index (χ1v) is 8.84. The third-order valence-electron chi connectivity index (χ3n) is 4.05. The number of rotatable bonds is 4. The molecule has 1 amide bonds. The van der Waals surface area contributed by atoms with E-state index in [1.54, 1.807) is 29.1 Å². The van der Waals surface area contributed by atoms with Crippen molar-refractivity contribution in [1.82, 2.24) is 9.97 Å². The molecule has 0 saturated carbocycles. The highest BCUT2D eigenvalue weighted by Crippen LogP contribution is 2.30. The molecule has 0 saturated heterocycles. The molecule has 0 unspecified atom stereocenters. The molecule has 0 atom stereocenters. The predicted octanol–water partition coefficient (Wildman–Crippen LogP) is 2.09. The zero-order valence-electron chi connectivity index (χ0n) is 13.7. The van der Waals surface area contributed by atoms with E-state index in [1.807, 2.05) is 35.7 Å². The van der Waals surface area contributed by atoms with Crippen molar-refractivity contribution >= 4 is 27.5 Å². The highest BCUT2D eigenvalue weighted by molar-refractivity contribution is 7.17. The quantitative estimate of drug-likeness (QED) is 0.544. The number of nitrogens with one attached hydrogen (secondary N) is 1. The van der Waals surface area contributed by atoms with Crippen molar-refractivity contribution in [2.45, 2.75) is 6.54 Å². The third kappa shape index (κ3) is 3.00. The van der Waals surface area contributed by atoms with Crippen molar-refractivity contribution in [3.63, 3.8) is 0 Å².